The number of rotatable bonds is 4. The first kappa shape index (κ1) is 18.7. The van der Waals surface area contributed by atoms with E-state index in [1.165, 1.54) is 0 Å². The van der Waals surface area contributed by atoms with Gasteiger partial charge in [-0.05, 0) is 25.7 Å². The van der Waals surface area contributed by atoms with Crippen molar-refractivity contribution in [3.8, 4) is 0 Å². The Kier molecular flexibility index (Phi) is 6.63. The molecular formula is C18H31N3O3. The van der Waals surface area contributed by atoms with E-state index in [1.807, 2.05) is 9.80 Å². The number of carbonyl (C=O) groups is 3. The SMILES string of the molecule is CCC(CC)C(=O)N1CCC(C(=O)N2CCN(C(C)=O)CC2)CC1. The van der Waals surface area contributed by atoms with Gasteiger partial charge in [0.05, 0.1) is 0 Å². The number of hydrogen-bond acceptors (Lipinski definition) is 3. The normalized spacial score (nSPS) is 19.8. The molecular weight excluding hydrogens is 306 g/mol. The van der Waals surface area contributed by atoms with E-state index < -0.39 is 0 Å². The summed E-state index contributed by atoms with van der Waals surface area (Å²) in [6.45, 7) is 9.60. The standard InChI is InChI=1S/C18H31N3O3/c1-4-15(5-2)17(23)20-8-6-16(7-9-20)18(24)21-12-10-19(11-13-21)14(3)22/h15-16H,4-13H2,1-3H3. The highest BCUT2D eigenvalue weighted by Gasteiger charge is 2.33. The van der Waals surface area contributed by atoms with E-state index in [0.717, 1.165) is 25.7 Å². The van der Waals surface area contributed by atoms with Crippen LogP contribution in [0.15, 0.2) is 0 Å². The maximum atomic E-state index is 12.7. The van der Waals surface area contributed by atoms with Crippen molar-refractivity contribution in [1.29, 1.82) is 0 Å². The lowest BCUT2D eigenvalue weighted by molar-refractivity contribution is -0.145. The molecule has 2 aliphatic heterocycles. The summed E-state index contributed by atoms with van der Waals surface area (Å²) < 4.78 is 0. The Hall–Kier alpha value is -1.59. The minimum atomic E-state index is 0.0274. The minimum absolute atomic E-state index is 0.0274. The second-order valence-electron chi connectivity index (χ2n) is 6.94. The van der Waals surface area contributed by atoms with Gasteiger partial charge in [-0.2, -0.15) is 0 Å². The molecule has 0 aromatic heterocycles. The topological polar surface area (TPSA) is 60.9 Å². The zero-order valence-electron chi connectivity index (χ0n) is 15.3. The van der Waals surface area contributed by atoms with Crippen LogP contribution in [0.4, 0.5) is 0 Å². The number of amides is 3. The average molecular weight is 337 g/mol. The van der Waals surface area contributed by atoms with E-state index in [1.54, 1.807) is 11.8 Å². The van der Waals surface area contributed by atoms with Crippen molar-refractivity contribution in [3.63, 3.8) is 0 Å². The quantitative estimate of drug-likeness (QED) is 0.778. The second kappa shape index (κ2) is 8.49. The number of piperidine rings is 1. The molecule has 136 valence electrons. The minimum Gasteiger partial charge on any atom is -0.342 e. The Labute approximate surface area is 145 Å². The third kappa shape index (κ3) is 4.28. The molecule has 0 spiro atoms. The van der Waals surface area contributed by atoms with Crippen LogP contribution in [-0.4, -0.2) is 71.7 Å². The molecule has 0 aromatic carbocycles. The van der Waals surface area contributed by atoms with Crippen LogP contribution in [0, 0.1) is 11.8 Å². The van der Waals surface area contributed by atoms with E-state index in [0.29, 0.717) is 39.3 Å². The molecule has 0 unspecified atom stereocenters. The molecule has 2 aliphatic rings. The largest absolute Gasteiger partial charge is 0.342 e. The lowest BCUT2D eigenvalue weighted by atomic mass is 9.93. The molecule has 6 nitrogen and oxygen atoms in total. The molecule has 2 fully saturated rings. The summed E-state index contributed by atoms with van der Waals surface area (Å²) in [4.78, 5) is 42.1. The highest BCUT2D eigenvalue weighted by Crippen LogP contribution is 2.23. The highest BCUT2D eigenvalue weighted by atomic mass is 16.2. The predicted molar refractivity (Wildman–Crippen MR) is 92.2 cm³/mol. The van der Waals surface area contributed by atoms with E-state index >= 15 is 0 Å². The molecule has 24 heavy (non-hydrogen) atoms. The van der Waals surface area contributed by atoms with Crippen LogP contribution in [0.25, 0.3) is 0 Å². The van der Waals surface area contributed by atoms with Gasteiger partial charge in [0.2, 0.25) is 17.7 Å². The van der Waals surface area contributed by atoms with Gasteiger partial charge in [-0.3, -0.25) is 14.4 Å². The summed E-state index contributed by atoms with van der Waals surface area (Å²) in [6, 6.07) is 0. The van der Waals surface area contributed by atoms with Crippen molar-refractivity contribution in [3.05, 3.63) is 0 Å². The molecule has 0 saturated carbocycles. The summed E-state index contributed by atoms with van der Waals surface area (Å²) in [5.41, 5.74) is 0. The summed E-state index contributed by atoms with van der Waals surface area (Å²) in [7, 11) is 0. The Morgan fingerprint density at radius 1 is 0.833 bits per heavy atom. The van der Waals surface area contributed by atoms with Gasteiger partial charge in [0.15, 0.2) is 0 Å². The summed E-state index contributed by atoms with van der Waals surface area (Å²) in [6.07, 6.45) is 3.29. The van der Waals surface area contributed by atoms with Crippen LogP contribution < -0.4 is 0 Å². The van der Waals surface area contributed by atoms with Crippen LogP contribution in [-0.2, 0) is 14.4 Å². The lowest BCUT2D eigenvalue weighted by Crippen LogP contribution is -2.53. The first-order chi connectivity index (χ1) is 11.5. The van der Waals surface area contributed by atoms with Gasteiger partial charge in [0, 0.05) is 58.0 Å². The fourth-order valence-corrected chi connectivity index (χ4v) is 3.74. The molecule has 2 rings (SSSR count). The van der Waals surface area contributed by atoms with Gasteiger partial charge in [0.1, 0.15) is 0 Å². The highest BCUT2D eigenvalue weighted by molar-refractivity contribution is 5.81. The van der Waals surface area contributed by atoms with Crippen molar-refractivity contribution >= 4 is 17.7 Å². The van der Waals surface area contributed by atoms with Gasteiger partial charge in [0.25, 0.3) is 0 Å². The van der Waals surface area contributed by atoms with Crippen LogP contribution in [0.2, 0.25) is 0 Å². The second-order valence-corrected chi connectivity index (χ2v) is 6.94. The summed E-state index contributed by atoms with van der Waals surface area (Å²) >= 11 is 0. The lowest BCUT2D eigenvalue weighted by Gasteiger charge is -2.38. The van der Waals surface area contributed by atoms with Crippen molar-refractivity contribution < 1.29 is 14.4 Å². The fraction of sp³-hybridized carbons (Fsp3) is 0.833. The molecule has 0 N–H and O–H groups in total. The number of hydrogen-bond donors (Lipinski definition) is 0. The molecule has 6 heteroatoms. The number of likely N-dealkylation sites (tertiary alicyclic amines) is 1. The third-order valence-electron chi connectivity index (χ3n) is 5.53. The molecule has 0 atom stereocenters. The van der Waals surface area contributed by atoms with Gasteiger partial charge in [-0.15, -0.1) is 0 Å². The Morgan fingerprint density at radius 3 is 1.79 bits per heavy atom. The van der Waals surface area contributed by atoms with Crippen LogP contribution >= 0.6 is 0 Å². The first-order valence-electron chi connectivity index (χ1n) is 9.31. The molecule has 0 radical (unpaired) electrons. The Bertz CT molecular complexity index is 460. The molecule has 2 saturated heterocycles. The predicted octanol–water partition coefficient (Wildman–Crippen LogP) is 1.35. The van der Waals surface area contributed by atoms with E-state index in [-0.39, 0.29) is 29.6 Å². The van der Waals surface area contributed by atoms with E-state index in [9.17, 15) is 14.4 Å². The number of nitrogens with zero attached hydrogens (tertiary/aromatic N) is 3. The molecule has 0 bridgehead atoms. The third-order valence-corrected chi connectivity index (χ3v) is 5.53. The average Bonchev–Trinajstić information content (AvgIpc) is 2.62. The Morgan fingerprint density at radius 2 is 1.33 bits per heavy atom. The van der Waals surface area contributed by atoms with Gasteiger partial charge >= 0.3 is 0 Å². The molecule has 0 aliphatic carbocycles. The van der Waals surface area contributed by atoms with Crippen molar-refractivity contribution in [2.75, 3.05) is 39.3 Å². The van der Waals surface area contributed by atoms with Gasteiger partial charge in [-0.1, -0.05) is 13.8 Å². The first-order valence-corrected chi connectivity index (χ1v) is 9.31. The summed E-state index contributed by atoms with van der Waals surface area (Å²) in [5, 5.41) is 0. The van der Waals surface area contributed by atoms with Crippen molar-refractivity contribution in [1.82, 2.24) is 14.7 Å². The molecule has 2 heterocycles. The van der Waals surface area contributed by atoms with Crippen molar-refractivity contribution in [2.45, 2.75) is 46.5 Å². The molecule has 3 amide bonds. The monoisotopic (exact) mass is 337 g/mol. The maximum absolute atomic E-state index is 12.7. The fourth-order valence-electron chi connectivity index (χ4n) is 3.74. The smallest absolute Gasteiger partial charge is 0.225 e. The maximum Gasteiger partial charge on any atom is 0.225 e. The van der Waals surface area contributed by atoms with Gasteiger partial charge < -0.3 is 14.7 Å². The van der Waals surface area contributed by atoms with E-state index in [2.05, 4.69) is 13.8 Å². The van der Waals surface area contributed by atoms with Gasteiger partial charge in [-0.25, -0.2) is 0 Å². The Balaban J connectivity index is 1.81. The van der Waals surface area contributed by atoms with Crippen LogP contribution in [0.5, 0.6) is 0 Å². The van der Waals surface area contributed by atoms with Crippen LogP contribution in [0.3, 0.4) is 0 Å². The number of piperazine rings is 1. The van der Waals surface area contributed by atoms with E-state index in [4.69, 9.17) is 0 Å². The zero-order valence-corrected chi connectivity index (χ0v) is 15.3. The summed E-state index contributed by atoms with van der Waals surface area (Å²) in [5.74, 6) is 0.681. The number of carbonyl (C=O) groups excluding carboxylic acids is 3. The molecule has 0 aromatic rings. The van der Waals surface area contributed by atoms with Crippen molar-refractivity contribution in [2.24, 2.45) is 11.8 Å². The van der Waals surface area contributed by atoms with Crippen LogP contribution in [0.1, 0.15) is 46.5 Å². The zero-order chi connectivity index (χ0) is 17.7.